The van der Waals surface area contributed by atoms with Crippen molar-refractivity contribution in [3.05, 3.63) is 10.6 Å². The molecule has 1 aromatic rings. The standard InChI is InChI=1S/C8H10N2S.2W/c1-3-5-7-8(6-4-2)11-10-9-7;;/h3-4H2,1-2H3;;. The Morgan fingerprint density at radius 3 is 2.38 bits per heavy atom. The fourth-order valence-electron chi connectivity index (χ4n) is 0.884. The third-order valence-electron chi connectivity index (χ3n) is 1.65. The zero-order chi connectivity index (χ0) is 9.84. The Morgan fingerprint density at radius 2 is 1.85 bits per heavy atom. The molecule has 2 nitrogen and oxygen atoms in total. The quantitative estimate of drug-likeness (QED) is 0.586. The van der Waals surface area contributed by atoms with Crippen LogP contribution in [0.5, 0.6) is 0 Å². The molecule has 13 heavy (non-hydrogen) atoms. The first-order chi connectivity index (χ1) is 6.20. The first kappa shape index (κ1) is 11.7. The van der Waals surface area contributed by atoms with Gasteiger partial charge in [0.25, 0.3) is 0 Å². The number of nitrogens with zero attached hydrogens (tertiary/aromatic N) is 2. The van der Waals surface area contributed by atoms with E-state index in [1.807, 2.05) is 0 Å². The molecule has 0 amide bonds. The Bertz CT molecular complexity index is 302. The Labute approximate surface area is 104 Å². The molecule has 5 heteroatoms. The van der Waals surface area contributed by atoms with Gasteiger partial charge in [-0.1, -0.05) is 0 Å². The molecule has 0 atom stereocenters. The minimum absolute atomic E-state index is 1.10. The maximum atomic E-state index is 4.20. The molecule has 0 radical (unpaired) electrons. The van der Waals surface area contributed by atoms with E-state index in [-0.39, 0.29) is 0 Å². The van der Waals surface area contributed by atoms with Crippen LogP contribution in [0.3, 0.4) is 0 Å². The number of hydrogen-bond acceptors (Lipinski definition) is 3. The zero-order valence-corrected chi connectivity index (χ0v) is 14.2. The topological polar surface area (TPSA) is 25.8 Å². The van der Waals surface area contributed by atoms with Crippen molar-refractivity contribution in [1.29, 1.82) is 0 Å². The van der Waals surface area contributed by atoms with Crippen molar-refractivity contribution in [2.75, 3.05) is 0 Å². The molecule has 1 heterocycles. The van der Waals surface area contributed by atoms with Gasteiger partial charge < -0.3 is 0 Å². The predicted octanol–water partition coefficient (Wildman–Crippen LogP) is 1.49. The van der Waals surface area contributed by atoms with Gasteiger partial charge in [-0.15, -0.1) is 0 Å². The van der Waals surface area contributed by atoms with Crippen LogP contribution in [-0.2, 0) is 38.7 Å². The monoisotopic (exact) mass is 534 g/mol. The molecule has 0 fully saturated rings. The normalized spacial score (nSPS) is 10.0. The maximum absolute atomic E-state index is 4.20. The van der Waals surface area contributed by atoms with E-state index in [1.54, 1.807) is 30.9 Å². The Kier molecular flexibility index (Phi) is 5.00. The van der Waals surface area contributed by atoms with Gasteiger partial charge in [-0.05, 0) is 0 Å². The number of aromatic nitrogens is 2. The first-order valence-corrected chi connectivity index (χ1v) is 7.80. The number of hydrogen-bond donors (Lipinski definition) is 0. The summed E-state index contributed by atoms with van der Waals surface area (Å²) in [4.78, 5) is 1.32. The van der Waals surface area contributed by atoms with Crippen molar-refractivity contribution in [1.82, 2.24) is 9.59 Å². The number of rotatable bonds is 4. The van der Waals surface area contributed by atoms with Gasteiger partial charge in [-0.2, -0.15) is 0 Å². The average molecular weight is 534 g/mol. The van der Waals surface area contributed by atoms with Gasteiger partial charge in [0.2, 0.25) is 0 Å². The van der Waals surface area contributed by atoms with Crippen LogP contribution < -0.4 is 0 Å². The second-order valence-corrected chi connectivity index (χ2v) is 6.80. The van der Waals surface area contributed by atoms with Gasteiger partial charge in [0.05, 0.1) is 0 Å². The molecule has 0 N–H and O–H groups in total. The van der Waals surface area contributed by atoms with Crippen LogP contribution in [0, 0.1) is 0 Å². The van der Waals surface area contributed by atoms with E-state index >= 15 is 0 Å². The van der Waals surface area contributed by atoms with E-state index in [2.05, 4.69) is 23.4 Å². The SMILES string of the molecule is CC[C](=[W])c1nnsc1[C](=[W])CC. The molecule has 70 valence electrons. The molecule has 0 aromatic carbocycles. The second-order valence-electron chi connectivity index (χ2n) is 2.50. The summed E-state index contributed by atoms with van der Waals surface area (Å²) in [6, 6.07) is 0. The summed E-state index contributed by atoms with van der Waals surface area (Å²) in [6.45, 7) is 4.37. The molecule has 0 bridgehead atoms. The van der Waals surface area contributed by atoms with E-state index in [4.69, 9.17) is 0 Å². The van der Waals surface area contributed by atoms with E-state index in [0.717, 1.165) is 18.5 Å². The van der Waals surface area contributed by atoms with Crippen molar-refractivity contribution < 1.29 is 38.7 Å². The molecule has 0 saturated carbocycles. The third-order valence-corrected chi connectivity index (χ3v) is 6.45. The molecule has 0 aliphatic carbocycles. The van der Waals surface area contributed by atoms with Crippen LogP contribution in [-0.4, -0.2) is 17.4 Å². The summed E-state index contributed by atoms with van der Waals surface area (Å²) in [5, 5.41) is 4.20. The van der Waals surface area contributed by atoms with Crippen molar-refractivity contribution in [3.63, 3.8) is 0 Å². The summed E-state index contributed by atoms with van der Waals surface area (Å²) in [5.74, 6) is 0. The summed E-state index contributed by atoms with van der Waals surface area (Å²) in [5.41, 5.74) is 1.16. The van der Waals surface area contributed by atoms with Crippen LogP contribution >= 0.6 is 11.5 Å². The Morgan fingerprint density at radius 1 is 1.23 bits per heavy atom. The van der Waals surface area contributed by atoms with Crippen molar-refractivity contribution >= 4 is 19.3 Å². The van der Waals surface area contributed by atoms with Crippen molar-refractivity contribution in [3.8, 4) is 0 Å². The molecule has 0 aliphatic heterocycles. The van der Waals surface area contributed by atoms with E-state index in [0.29, 0.717) is 0 Å². The molecule has 1 aromatic heterocycles. The van der Waals surface area contributed by atoms with Gasteiger partial charge in [-0.3, -0.25) is 0 Å². The fraction of sp³-hybridized carbons (Fsp3) is 0.500. The summed E-state index contributed by atoms with van der Waals surface area (Å²) < 4.78 is 6.95. The fourth-order valence-corrected chi connectivity index (χ4v) is 3.10. The first-order valence-electron chi connectivity index (χ1n) is 4.09. The van der Waals surface area contributed by atoms with Crippen LogP contribution in [0.4, 0.5) is 0 Å². The molecule has 1 rings (SSSR count). The molecule has 0 aliphatic rings. The van der Waals surface area contributed by atoms with E-state index < -0.39 is 0 Å². The third kappa shape index (κ3) is 2.81. The molecule has 0 saturated heterocycles. The van der Waals surface area contributed by atoms with Gasteiger partial charge in [0.15, 0.2) is 0 Å². The molecular formula is C8H10N2SW2. The van der Waals surface area contributed by atoms with Crippen LogP contribution in [0.1, 0.15) is 37.3 Å². The zero-order valence-electron chi connectivity index (χ0n) is 7.53. The minimum atomic E-state index is 1.10. The van der Waals surface area contributed by atoms with Gasteiger partial charge in [-0.25, -0.2) is 0 Å². The van der Waals surface area contributed by atoms with Gasteiger partial charge in [0, 0.05) is 0 Å². The van der Waals surface area contributed by atoms with E-state index in [9.17, 15) is 0 Å². The van der Waals surface area contributed by atoms with Crippen molar-refractivity contribution in [2.24, 2.45) is 0 Å². The van der Waals surface area contributed by atoms with E-state index in [1.165, 1.54) is 32.0 Å². The molecule has 0 unspecified atom stereocenters. The van der Waals surface area contributed by atoms with Crippen LogP contribution in [0.15, 0.2) is 0 Å². The van der Waals surface area contributed by atoms with Crippen LogP contribution in [0.25, 0.3) is 0 Å². The van der Waals surface area contributed by atoms with Gasteiger partial charge in [0.1, 0.15) is 0 Å². The summed E-state index contributed by atoms with van der Waals surface area (Å²) in [6.07, 6.45) is 2.22. The molecule has 0 spiro atoms. The van der Waals surface area contributed by atoms with Gasteiger partial charge >= 0.3 is 105 Å². The molecular weight excluding hydrogens is 524 g/mol. The van der Waals surface area contributed by atoms with Crippen molar-refractivity contribution in [2.45, 2.75) is 26.7 Å². The predicted molar refractivity (Wildman–Crippen MR) is 48.7 cm³/mol. The Balaban J connectivity index is 3.02. The second kappa shape index (κ2) is 5.53. The van der Waals surface area contributed by atoms with Crippen LogP contribution in [0.2, 0.25) is 0 Å². The Hall–Kier alpha value is 0.677. The average Bonchev–Trinajstić information content (AvgIpc) is 2.63. The summed E-state index contributed by atoms with van der Waals surface area (Å²) >= 11 is 4.61. The summed E-state index contributed by atoms with van der Waals surface area (Å²) in [7, 11) is 0.